The van der Waals surface area contributed by atoms with Crippen LogP contribution in [0.1, 0.15) is 31.1 Å². The highest BCUT2D eigenvalue weighted by molar-refractivity contribution is 9.10. The number of esters is 1. The highest BCUT2D eigenvalue weighted by Gasteiger charge is 2.20. The Hall–Kier alpha value is -1.56. The van der Waals surface area contributed by atoms with Gasteiger partial charge in [-0.15, -0.1) is 0 Å². The smallest absolute Gasteiger partial charge is 0.328 e. The van der Waals surface area contributed by atoms with Gasteiger partial charge in [-0.2, -0.15) is 0 Å². The molecule has 6 heteroatoms. The van der Waals surface area contributed by atoms with Gasteiger partial charge < -0.3 is 14.8 Å². The second-order valence-electron chi connectivity index (χ2n) is 4.53. The van der Waals surface area contributed by atoms with Gasteiger partial charge >= 0.3 is 5.97 Å². The van der Waals surface area contributed by atoms with Crippen molar-refractivity contribution in [2.75, 3.05) is 7.11 Å². The fourth-order valence-corrected chi connectivity index (χ4v) is 1.89. The maximum Gasteiger partial charge on any atom is 0.328 e. The minimum Gasteiger partial charge on any atom is -0.490 e. The van der Waals surface area contributed by atoms with Crippen LogP contribution in [-0.2, 0) is 9.53 Å². The standard InChI is InChI=1S/C14H18BrNO4/c1-8(2)20-12-7-10(15)5-6-11(12)13(17)16-9(3)14(18)19-4/h5-9H,1-4H3,(H,16,17)/t9-/m0/s1. The number of hydrogen-bond acceptors (Lipinski definition) is 4. The summed E-state index contributed by atoms with van der Waals surface area (Å²) in [6, 6.07) is 4.38. The lowest BCUT2D eigenvalue weighted by Gasteiger charge is -2.16. The predicted octanol–water partition coefficient (Wildman–Crippen LogP) is 2.53. The number of rotatable bonds is 5. The molecule has 0 saturated heterocycles. The first-order valence-corrected chi connectivity index (χ1v) is 6.99. The number of ether oxygens (including phenoxy) is 2. The summed E-state index contributed by atoms with van der Waals surface area (Å²) in [5.74, 6) is -0.420. The van der Waals surface area contributed by atoms with E-state index in [0.29, 0.717) is 11.3 Å². The van der Waals surface area contributed by atoms with E-state index in [1.165, 1.54) is 7.11 Å². The van der Waals surface area contributed by atoms with Crippen LogP contribution >= 0.6 is 15.9 Å². The Balaban J connectivity index is 2.94. The molecular formula is C14H18BrNO4. The summed E-state index contributed by atoms with van der Waals surface area (Å²) < 4.78 is 11.0. The summed E-state index contributed by atoms with van der Waals surface area (Å²) in [6.45, 7) is 5.31. The van der Waals surface area contributed by atoms with Crippen LogP contribution in [0, 0.1) is 0 Å². The first kappa shape index (κ1) is 16.5. The molecule has 1 atom stereocenters. The molecule has 0 aliphatic rings. The molecule has 5 nitrogen and oxygen atoms in total. The highest BCUT2D eigenvalue weighted by Crippen LogP contribution is 2.25. The van der Waals surface area contributed by atoms with E-state index in [9.17, 15) is 9.59 Å². The number of nitrogens with one attached hydrogen (secondary N) is 1. The molecule has 0 aliphatic carbocycles. The van der Waals surface area contributed by atoms with Crippen molar-refractivity contribution in [3.8, 4) is 5.75 Å². The van der Waals surface area contributed by atoms with Crippen molar-refractivity contribution in [1.29, 1.82) is 0 Å². The molecule has 0 aromatic heterocycles. The molecule has 1 N–H and O–H groups in total. The van der Waals surface area contributed by atoms with E-state index in [1.54, 1.807) is 25.1 Å². The molecule has 1 amide bonds. The van der Waals surface area contributed by atoms with E-state index in [2.05, 4.69) is 26.0 Å². The molecule has 1 rings (SSSR count). The van der Waals surface area contributed by atoms with Crippen molar-refractivity contribution in [3.63, 3.8) is 0 Å². The molecule has 1 aromatic rings. The monoisotopic (exact) mass is 343 g/mol. The summed E-state index contributed by atoms with van der Waals surface area (Å²) in [4.78, 5) is 23.5. The summed E-state index contributed by atoms with van der Waals surface area (Å²) in [6.07, 6.45) is -0.0612. The predicted molar refractivity (Wildman–Crippen MR) is 78.9 cm³/mol. The molecule has 110 valence electrons. The summed E-state index contributed by atoms with van der Waals surface area (Å²) >= 11 is 3.33. The third-order valence-electron chi connectivity index (χ3n) is 2.45. The van der Waals surface area contributed by atoms with Crippen molar-refractivity contribution in [2.45, 2.75) is 32.9 Å². The fraction of sp³-hybridized carbons (Fsp3) is 0.429. The van der Waals surface area contributed by atoms with Crippen LogP contribution in [0.5, 0.6) is 5.75 Å². The van der Waals surface area contributed by atoms with Crippen molar-refractivity contribution in [2.24, 2.45) is 0 Å². The van der Waals surface area contributed by atoms with Gasteiger partial charge in [-0.1, -0.05) is 15.9 Å². The first-order chi connectivity index (χ1) is 9.35. The van der Waals surface area contributed by atoms with E-state index in [4.69, 9.17) is 4.74 Å². The second kappa shape index (κ2) is 7.28. The van der Waals surface area contributed by atoms with Gasteiger partial charge in [-0.25, -0.2) is 4.79 Å². The molecule has 0 spiro atoms. The Labute approximate surface area is 126 Å². The number of benzene rings is 1. The van der Waals surface area contributed by atoms with E-state index in [-0.39, 0.29) is 12.0 Å². The maximum atomic E-state index is 12.2. The zero-order valence-electron chi connectivity index (χ0n) is 11.9. The summed E-state index contributed by atoms with van der Waals surface area (Å²) in [5.41, 5.74) is 0.373. The average molecular weight is 344 g/mol. The number of amides is 1. The molecule has 20 heavy (non-hydrogen) atoms. The minimum atomic E-state index is -0.719. The topological polar surface area (TPSA) is 64.6 Å². The van der Waals surface area contributed by atoms with Gasteiger partial charge in [0, 0.05) is 4.47 Å². The Kier molecular flexibility index (Phi) is 6.01. The Bertz CT molecular complexity index is 502. The Morgan fingerprint density at radius 3 is 2.45 bits per heavy atom. The lowest BCUT2D eigenvalue weighted by Crippen LogP contribution is -2.39. The third kappa shape index (κ3) is 4.52. The second-order valence-corrected chi connectivity index (χ2v) is 5.44. The van der Waals surface area contributed by atoms with Gasteiger partial charge in [0.2, 0.25) is 0 Å². The van der Waals surface area contributed by atoms with Crippen LogP contribution in [0.4, 0.5) is 0 Å². The highest BCUT2D eigenvalue weighted by atomic mass is 79.9. The van der Waals surface area contributed by atoms with Gasteiger partial charge in [-0.3, -0.25) is 4.79 Å². The van der Waals surface area contributed by atoms with Crippen molar-refractivity contribution < 1.29 is 19.1 Å². The van der Waals surface area contributed by atoms with Crippen LogP contribution in [0.3, 0.4) is 0 Å². The van der Waals surface area contributed by atoms with Crippen LogP contribution in [0.25, 0.3) is 0 Å². The Morgan fingerprint density at radius 2 is 1.90 bits per heavy atom. The Morgan fingerprint density at radius 1 is 1.25 bits per heavy atom. The lowest BCUT2D eigenvalue weighted by atomic mass is 10.1. The average Bonchev–Trinajstić information content (AvgIpc) is 2.36. The largest absolute Gasteiger partial charge is 0.490 e. The van der Waals surface area contributed by atoms with Crippen molar-refractivity contribution in [3.05, 3.63) is 28.2 Å². The number of carbonyl (C=O) groups is 2. The zero-order valence-corrected chi connectivity index (χ0v) is 13.5. The molecule has 0 aliphatic heterocycles. The first-order valence-electron chi connectivity index (χ1n) is 6.20. The summed E-state index contributed by atoms with van der Waals surface area (Å²) in [7, 11) is 1.28. The third-order valence-corrected chi connectivity index (χ3v) is 2.95. The normalized spacial score (nSPS) is 11.9. The minimum absolute atomic E-state index is 0.0612. The van der Waals surface area contributed by atoms with E-state index in [1.807, 2.05) is 13.8 Å². The van der Waals surface area contributed by atoms with E-state index >= 15 is 0 Å². The van der Waals surface area contributed by atoms with Crippen LogP contribution in [0.15, 0.2) is 22.7 Å². The van der Waals surface area contributed by atoms with Crippen molar-refractivity contribution >= 4 is 27.8 Å². The van der Waals surface area contributed by atoms with Crippen LogP contribution < -0.4 is 10.1 Å². The van der Waals surface area contributed by atoms with Gasteiger partial charge in [0.15, 0.2) is 0 Å². The number of halogens is 1. The molecular weight excluding hydrogens is 326 g/mol. The molecule has 0 heterocycles. The quantitative estimate of drug-likeness (QED) is 0.834. The number of methoxy groups -OCH3 is 1. The van der Waals surface area contributed by atoms with E-state index in [0.717, 1.165) is 4.47 Å². The van der Waals surface area contributed by atoms with Crippen LogP contribution in [-0.4, -0.2) is 31.1 Å². The molecule has 0 unspecified atom stereocenters. The van der Waals surface area contributed by atoms with Crippen molar-refractivity contribution in [1.82, 2.24) is 5.32 Å². The maximum absolute atomic E-state index is 12.2. The molecule has 0 fully saturated rings. The summed E-state index contributed by atoms with van der Waals surface area (Å²) in [5, 5.41) is 2.57. The van der Waals surface area contributed by atoms with Gasteiger partial charge in [0.1, 0.15) is 11.8 Å². The van der Waals surface area contributed by atoms with Crippen LogP contribution in [0.2, 0.25) is 0 Å². The number of hydrogen-bond donors (Lipinski definition) is 1. The fourth-order valence-electron chi connectivity index (χ4n) is 1.55. The number of carbonyl (C=O) groups excluding carboxylic acids is 2. The lowest BCUT2D eigenvalue weighted by molar-refractivity contribution is -0.142. The molecule has 0 radical (unpaired) electrons. The molecule has 0 saturated carbocycles. The van der Waals surface area contributed by atoms with Gasteiger partial charge in [0.25, 0.3) is 5.91 Å². The van der Waals surface area contributed by atoms with Gasteiger partial charge in [-0.05, 0) is 39.0 Å². The van der Waals surface area contributed by atoms with E-state index < -0.39 is 12.0 Å². The van der Waals surface area contributed by atoms with Gasteiger partial charge in [0.05, 0.1) is 18.8 Å². The SMILES string of the molecule is COC(=O)[C@H](C)NC(=O)c1ccc(Br)cc1OC(C)C. The molecule has 1 aromatic carbocycles. The molecule has 0 bridgehead atoms. The zero-order chi connectivity index (χ0) is 15.3.